The van der Waals surface area contributed by atoms with E-state index in [1.54, 1.807) is 0 Å². The molecular formula is OSnTiZn. The summed E-state index contributed by atoms with van der Waals surface area (Å²) in [5.41, 5.74) is 0. The molecule has 0 N–H and O–H groups in total. The summed E-state index contributed by atoms with van der Waals surface area (Å²) in [6, 6.07) is 0. The smallest absolute Gasteiger partial charge is 0 e. The molecular weight excluding hydrogens is 248 g/mol. The quantitative estimate of drug-likeness (QED) is 0.528. The van der Waals surface area contributed by atoms with E-state index >= 15 is 0 Å². The van der Waals surface area contributed by atoms with Gasteiger partial charge in [-0.25, -0.2) is 0 Å². The van der Waals surface area contributed by atoms with E-state index in [0.29, 0.717) is 22.5 Å². The first-order valence-corrected chi connectivity index (χ1v) is 1.37. The molecule has 0 amide bonds. The Morgan fingerprint density at radius 1 is 1.25 bits per heavy atom. The third-order valence-corrected chi connectivity index (χ3v) is 0. The van der Waals surface area contributed by atoms with Crippen molar-refractivity contribution in [2.45, 2.75) is 0 Å². The molecule has 0 spiro atoms. The topological polar surface area (TPSA) is 17.1 Å². The standard InChI is InChI=1S/O.Sn.Ti.Zn. The van der Waals surface area contributed by atoms with Gasteiger partial charge < -0.3 is 0 Å². The number of rotatable bonds is 0. The monoisotopic (exact) mass is 248 g/mol. The van der Waals surface area contributed by atoms with Gasteiger partial charge in [0.1, 0.15) is 0 Å². The Labute approximate surface area is 66.0 Å². The zero-order chi connectivity index (χ0) is 2.00. The first-order chi connectivity index (χ1) is 1.00. The van der Waals surface area contributed by atoms with E-state index in [9.17, 15) is 0 Å². The average molecular weight is 248 g/mol. The zero-order valence-corrected chi connectivity index (χ0v) is 9.50. The van der Waals surface area contributed by atoms with Crippen molar-refractivity contribution in [1.82, 2.24) is 0 Å². The molecule has 4 heavy (non-hydrogen) atoms. The summed E-state index contributed by atoms with van der Waals surface area (Å²) < 4.78 is 8.34. The Balaban J connectivity index is -0.00000000500. The fourth-order valence-corrected chi connectivity index (χ4v) is 0. The minimum atomic E-state index is 0. The van der Waals surface area contributed by atoms with Crippen LogP contribution in [0.3, 0.4) is 0 Å². The molecule has 4 heteroatoms. The summed E-state index contributed by atoms with van der Waals surface area (Å²) in [5.74, 6) is 0. The van der Waals surface area contributed by atoms with Crippen molar-refractivity contribution >= 4 is 22.5 Å². The van der Waals surface area contributed by atoms with Crippen LogP contribution in [0.4, 0.5) is 0 Å². The summed E-state index contributed by atoms with van der Waals surface area (Å²) in [7, 11) is 0. The van der Waals surface area contributed by atoms with Crippen LogP contribution in [-0.4, -0.2) is 22.5 Å². The fourth-order valence-electron chi connectivity index (χ4n) is 0. The Kier molecular flexibility index (Phi) is 85.6. The predicted octanol–water partition coefficient (Wildman–Crippen LogP) is -0.505. The van der Waals surface area contributed by atoms with E-state index in [1.807, 2.05) is 0 Å². The van der Waals surface area contributed by atoms with Gasteiger partial charge in [-0.3, -0.25) is 0 Å². The van der Waals surface area contributed by atoms with E-state index < -0.39 is 0 Å². The first kappa shape index (κ1) is 16.8. The summed E-state index contributed by atoms with van der Waals surface area (Å²) in [4.78, 5) is 0. The predicted molar refractivity (Wildman–Crippen MR) is 6.44 cm³/mol. The molecule has 0 aromatic rings. The molecule has 0 saturated carbocycles. The van der Waals surface area contributed by atoms with Crippen LogP contribution in [0.15, 0.2) is 0 Å². The van der Waals surface area contributed by atoms with Crippen molar-refractivity contribution in [1.29, 1.82) is 0 Å². The van der Waals surface area contributed by atoms with Crippen molar-refractivity contribution in [3.05, 3.63) is 0 Å². The molecule has 2 radical (unpaired) electrons. The van der Waals surface area contributed by atoms with E-state index in [2.05, 4.69) is 0 Å². The maximum Gasteiger partial charge on any atom is 0 e. The largest absolute Gasteiger partial charge is 0 e. The van der Waals surface area contributed by atoms with Gasteiger partial charge in [0.15, 0.2) is 0 Å². The van der Waals surface area contributed by atoms with Crippen LogP contribution in [0.2, 0.25) is 0 Å². The van der Waals surface area contributed by atoms with Gasteiger partial charge in [0.2, 0.25) is 0 Å². The summed E-state index contributed by atoms with van der Waals surface area (Å²) >= 11 is 0.300. The Hall–Kier alpha value is 1.94. The summed E-state index contributed by atoms with van der Waals surface area (Å²) in [5, 5.41) is 0. The van der Waals surface area contributed by atoms with Crippen LogP contribution < -0.4 is 0 Å². The van der Waals surface area contributed by atoms with E-state index in [1.165, 1.54) is 0 Å². The van der Waals surface area contributed by atoms with Crippen LogP contribution in [0.5, 0.6) is 0 Å². The number of hydrogen-bond donors (Lipinski definition) is 0. The molecule has 1 nitrogen and oxygen atoms in total. The van der Waals surface area contributed by atoms with Crippen molar-refractivity contribution in [2.75, 3.05) is 0 Å². The minimum Gasteiger partial charge on any atom is 0 e. The molecule has 0 aromatic heterocycles. The van der Waals surface area contributed by atoms with Gasteiger partial charge >= 0.3 is 25.6 Å². The summed E-state index contributed by atoms with van der Waals surface area (Å²) in [6.45, 7) is 0. The van der Waals surface area contributed by atoms with Crippen molar-refractivity contribution in [2.24, 2.45) is 0 Å². The molecule has 0 aliphatic carbocycles. The molecule has 0 heterocycles. The molecule has 0 aliphatic heterocycles. The van der Waals surface area contributed by atoms with Crippen LogP contribution in [0, 0.1) is 0 Å². The maximum atomic E-state index is 8.34. The van der Waals surface area contributed by atoms with Crippen LogP contribution >= 0.6 is 0 Å². The third-order valence-electron chi connectivity index (χ3n) is 0. The van der Waals surface area contributed by atoms with E-state index in [-0.39, 0.29) is 41.2 Å². The molecule has 0 aliphatic rings. The van der Waals surface area contributed by atoms with Gasteiger partial charge in [-0.1, -0.05) is 0 Å². The molecule has 0 bridgehead atoms. The summed E-state index contributed by atoms with van der Waals surface area (Å²) in [6.07, 6.45) is 0. The second-order valence-electron chi connectivity index (χ2n) is 0. The first-order valence-electron chi connectivity index (χ1n) is 0.204. The van der Waals surface area contributed by atoms with Crippen molar-refractivity contribution < 1.29 is 44.3 Å². The molecule has 0 unspecified atom stereocenters. The zero-order valence-electron chi connectivity index (χ0n) is 2.12. The Morgan fingerprint density at radius 3 is 1.25 bits per heavy atom. The minimum absolute atomic E-state index is 0. The van der Waals surface area contributed by atoms with Crippen LogP contribution in [0.25, 0.3) is 0 Å². The van der Waals surface area contributed by atoms with E-state index in [4.69, 9.17) is 3.08 Å². The van der Waals surface area contributed by atoms with Crippen molar-refractivity contribution in [3.63, 3.8) is 0 Å². The second-order valence-corrected chi connectivity index (χ2v) is 0. The van der Waals surface area contributed by atoms with Gasteiger partial charge in [-0.05, 0) is 0 Å². The van der Waals surface area contributed by atoms with Gasteiger partial charge in [-0.15, -0.1) is 0 Å². The SMILES string of the molecule is [O]=[Sn].[Ti].[Zn]. The normalized spacial score (nSPS) is 1.00. The van der Waals surface area contributed by atoms with Crippen LogP contribution in [-0.2, 0) is 44.3 Å². The van der Waals surface area contributed by atoms with Gasteiger partial charge in [0.25, 0.3) is 0 Å². The third kappa shape index (κ3) is 9.05. The Morgan fingerprint density at radius 2 is 1.25 bits per heavy atom. The second kappa shape index (κ2) is 20.4. The van der Waals surface area contributed by atoms with Gasteiger partial charge in [-0.2, -0.15) is 0 Å². The number of hydrogen-bond acceptors (Lipinski definition) is 1. The van der Waals surface area contributed by atoms with Gasteiger partial charge in [0, 0.05) is 41.2 Å². The Bertz CT molecular complexity index is 8.00. The van der Waals surface area contributed by atoms with Crippen molar-refractivity contribution in [3.8, 4) is 0 Å². The maximum absolute atomic E-state index is 8.34. The molecule has 0 aromatic carbocycles. The molecule has 0 rings (SSSR count). The molecule has 0 atom stereocenters. The molecule has 0 fully saturated rings. The molecule has 0 saturated heterocycles. The average Bonchev–Trinajstić information content (AvgIpc) is 1.00. The van der Waals surface area contributed by atoms with Crippen LogP contribution in [0.1, 0.15) is 0 Å². The van der Waals surface area contributed by atoms with Gasteiger partial charge in [0.05, 0.1) is 0 Å². The molecule has 16 valence electrons. The fraction of sp³-hybridized carbons (Fsp3) is 0. The van der Waals surface area contributed by atoms with E-state index in [0.717, 1.165) is 0 Å².